The minimum Gasteiger partial charge on any atom is -0.482 e. The van der Waals surface area contributed by atoms with Gasteiger partial charge in [0, 0.05) is 30.2 Å². The van der Waals surface area contributed by atoms with Gasteiger partial charge >= 0.3 is 0 Å². The highest BCUT2D eigenvalue weighted by Gasteiger charge is 2.16. The van der Waals surface area contributed by atoms with Gasteiger partial charge < -0.3 is 25.3 Å². The summed E-state index contributed by atoms with van der Waals surface area (Å²) in [5, 5.41) is 8.92. The number of carbonyl (C=O) groups is 1. The molecule has 3 N–H and O–H groups in total. The lowest BCUT2D eigenvalue weighted by atomic mass is 10.2. The highest BCUT2D eigenvalue weighted by Crippen LogP contribution is 2.32. The molecule has 0 bridgehead atoms. The molecule has 3 aromatic rings. The van der Waals surface area contributed by atoms with Gasteiger partial charge in [0.15, 0.2) is 12.4 Å². The normalized spacial score (nSPS) is 12.7. The molecule has 2 aromatic heterocycles. The lowest BCUT2D eigenvalue weighted by Crippen LogP contribution is -2.25. The van der Waals surface area contributed by atoms with E-state index in [2.05, 4.69) is 41.8 Å². The molecule has 3 heterocycles. The van der Waals surface area contributed by atoms with Crippen LogP contribution < -0.4 is 26.2 Å². The van der Waals surface area contributed by atoms with Crippen LogP contribution in [0.1, 0.15) is 19.9 Å². The minimum absolute atomic E-state index is 0.0235. The van der Waals surface area contributed by atoms with E-state index >= 15 is 0 Å². The van der Waals surface area contributed by atoms with E-state index in [9.17, 15) is 9.59 Å². The molecule has 1 aromatic carbocycles. The fourth-order valence-electron chi connectivity index (χ4n) is 2.94. The van der Waals surface area contributed by atoms with Crippen molar-refractivity contribution in [1.29, 1.82) is 0 Å². The Hall–Kier alpha value is -3.40. The third-order valence-corrected chi connectivity index (χ3v) is 4.98. The Morgan fingerprint density at radius 1 is 1.23 bits per heavy atom. The summed E-state index contributed by atoms with van der Waals surface area (Å²) in [5.74, 6) is 1.16. The Morgan fingerprint density at radius 2 is 2.07 bits per heavy atom. The molecule has 30 heavy (non-hydrogen) atoms. The largest absolute Gasteiger partial charge is 0.482 e. The van der Waals surface area contributed by atoms with Crippen molar-refractivity contribution in [1.82, 2.24) is 14.5 Å². The molecule has 0 unspecified atom stereocenters. The quantitative estimate of drug-likeness (QED) is 0.519. The number of fused-ring (bicyclic) bond motifs is 1. The highest BCUT2D eigenvalue weighted by molar-refractivity contribution is 9.10. The van der Waals surface area contributed by atoms with Crippen LogP contribution in [0.25, 0.3) is 0 Å². The second-order valence-electron chi connectivity index (χ2n) is 6.92. The number of benzene rings is 1. The lowest BCUT2D eigenvalue weighted by molar-refractivity contribution is -0.118. The Kier molecular flexibility index (Phi) is 5.40. The van der Waals surface area contributed by atoms with Crippen LogP contribution in [-0.2, 0) is 4.79 Å². The number of nitrogens with zero attached hydrogens (tertiary/aromatic N) is 3. The van der Waals surface area contributed by atoms with Gasteiger partial charge in [-0.1, -0.05) is 0 Å². The van der Waals surface area contributed by atoms with E-state index in [1.807, 2.05) is 19.9 Å². The van der Waals surface area contributed by atoms with Crippen molar-refractivity contribution in [3.8, 4) is 5.75 Å². The summed E-state index contributed by atoms with van der Waals surface area (Å²) in [7, 11) is 0. The van der Waals surface area contributed by atoms with Crippen LogP contribution in [0.4, 0.5) is 28.8 Å². The number of pyridine rings is 1. The van der Waals surface area contributed by atoms with E-state index < -0.39 is 0 Å². The summed E-state index contributed by atoms with van der Waals surface area (Å²) in [6.07, 6.45) is 3.34. The summed E-state index contributed by atoms with van der Waals surface area (Å²) in [6, 6.07) is 8.84. The first-order valence-corrected chi connectivity index (χ1v) is 10.0. The van der Waals surface area contributed by atoms with E-state index in [1.54, 1.807) is 41.2 Å². The predicted octanol–water partition coefficient (Wildman–Crippen LogP) is 3.80. The smallest absolute Gasteiger partial charge is 0.274 e. The predicted molar refractivity (Wildman–Crippen MR) is 118 cm³/mol. The molecule has 154 valence electrons. The molecular formula is C20H19BrN6O3. The zero-order valence-corrected chi connectivity index (χ0v) is 17.9. The first-order chi connectivity index (χ1) is 14.4. The SMILES string of the molecule is CC(C)n1cccc(Nc2nc(Nc3ccc4c(c3)OCC(=O)N4)ncc2Br)c1=O. The van der Waals surface area contributed by atoms with Gasteiger partial charge in [-0.2, -0.15) is 4.98 Å². The number of carbonyl (C=O) groups excluding carboxylic acids is 1. The molecule has 0 fully saturated rings. The van der Waals surface area contributed by atoms with Gasteiger partial charge in [-0.15, -0.1) is 0 Å². The van der Waals surface area contributed by atoms with Gasteiger partial charge in [0.25, 0.3) is 11.5 Å². The molecule has 0 saturated carbocycles. The third kappa shape index (κ3) is 4.13. The second-order valence-corrected chi connectivity index (χ2v) is 7.77. The van der Waals surface area contributed by atoms with Crippen LogP contribution >= 0.6 is 15.9 Å². The van der Waals surface area contributed by atoms with Crippen molar-refractivity contribution in [2.45, 2.75) is 19.9 Å². The minimum atomic E-state index is -0.187. The number of halogens is 1. The Balaban J connectivity index is 1.58. The number of rotatable bonds is 5. The first-order valence-electron chi connectivity index (χ1n) is 9.25. The summed E-state index contributed by atoms with van der Waals surface area (Å²) in [4.78, 5) is 32.8. The molecule has 1 amide bonds. The number of amides is 1. The molecular weight excluding hydrogens is 452 g/mol. The lowest BCUT2D eigenvalue weighted by Gasteiger charge is -2.18. The Bertz CT molecular complexity index is 1180. The topological polar surface area (TPSA) is 110 Å². The molecule has 0 radical (unpaired) electrons. The third-order valence-electron chi connectivity index (χ3n) is 4.40. The summed E-state index contributed by atoms with van der Waals surface area (Å²) in [6.45, 7) is 3.87. The van der Waals surface area contributed by atoms with Crippen LogP contribution in [-0.4, -0.2) is 27.0 Å². The van der Waals surface area contributed by atoms with Gasteiger partial charge in [-0.05, 0) is 54.0 Å². The number of hydrogen-bond donors (Lipinski definition) is 3. The fraction of sp³-hybridized carbons (Fsp3) is 0.200. The molecule has 0 spiro atoms. The van der Waals surface area contributed by atoms with Crippen LogP contribution in [0.5, 0.6) is 5.75 Å². The number of nitrogens with one attached hydrogen (secondary N) is 3. The van der Waals surface area contributed by atoms with Gasteiger partial charge in [-0.3, -0.25) is 9.59 Å². The van der Waals surface area contributed by atoms with E-state index in [4.69, 9.17) is 4.74 Å². The Morgan fingerprint density at radius 3 is 2.87 bits per heavy atom. The molecule has 0 saturated heterocycles. The highest BCUT2D eigenvalue weighted by atomic mass is 79.9. The summed E-state index contributed by atoms with van der Waals surface area (Å²) < 4.78 is 7.69. The summed E-state index contributed by atoms with van der Waals surface area (Å²) in [5.41, 5.74) is 1.58. The molecule has 1 aliphatic rings. The summed E-state index contributed by atoms with van der Waals surface area (Å²) >= 11 is 3.42. The van der Waals surface area contributed by atoms with Gasteiger partial charge in [0.05, 0.1) is 10.2 Å². The standard InChI is InChI=1S/C20H19BrN6O3/c1-11(2)27-7-3-4-15(19(27)29)25-18-13(21)9-22-20(26-18)23-12-5-6-14-16(8-12)30-10-17(28)24-14/h3-9,11H,10H2,1-2H3,(H,24,28)(H2,22,23,25,26). The molecule has 4 rings (SSSR count). The van der Waals surface area contributed by atoms with Gasteiger partial charge in [-0.25, -0.2) is 4.98 Å². The molecule has 0 aliphatic carbocycles. The number of anilines is 5. The van der Waals surface area contributed by atoms with Crippen molar-refractivity contribution < 1.29 is 9.53 Å². The van der Waals surface area contributed by atoms with Crippen molar-refractivity contribution in [2.75, 3.05) is 22.6 Å². The molecule has 0 atom stereocenters. The maximum Gasteiger partial charge on any atom is 0.274 e. The van der Waals surface area contributed by atoms with Crippen LogP contribution in [0.15, 0.2) is 52.0 Å². The molecule has 10 heteroatoms. The van der Waals surface area contributed by atoms with Gasteiger partial charge in [0.2, 0.25) is 5.95 Å². The average molecular weight is 471 g/mol. The van der Waals surface area contributed by atoms with E-state index in [-0.39, 0.29) is 24.1 Å². The van der Waals surface area contributed by atoms with E-state index in [1.165, 1.54) is 0 Å². The monoisotopic (exact) mass is 470 g/mol. The maximum atomic E-state index is 12.6. The van der Waals surface area contributed by atoms with Crippen molar-refractivity contribution in [3.05, 3.63) is 57.6 Å². The molecule has 9 nitrogen and oxygen atoms in total. The average Bonchev–Trinajstić information content (AvgIpc) is 2.72. The maximum absolute atomic E-state index is 12.6. The Labute approximate surface area is 180 Å². The van der Waals surface area contributed by atoms with Crippen LogP contribution in [0, 0.1) is 0 Å². The van der Waals surface area contributed by atoms with Crippen molar-refractivity contribution >= 4 is 50.7 Å². The zero-order chi connectivity index (χ0) is 21.3. The van der Waals surface area contributed by atoms with Gasteiger partial charge in [0.1, 0.15) is 11.4 Å². The van der Waals surface area contributed by atoms with Crippen LogP contribution in [0.3, 0.4) is 0 Å². The number of aromatic nitrogens is 3. The first kappa shape index (κ1) is 19.9. The van der Waals surface area contributed by atoms with Crippen LogP contribution in [0.2, 0.25) is 0 Å². The zero-order valence-electron chi connectivity index (χ0n) is 16.3. The fourth-order valence-corrected chi connectivity index (χ4v) is 3.23. The van der Waals surface area contributed by atoms with E-state index in [0.717, 1.165) is 0 Å². The van der Waals surface area contributed by atoms with E-state index in [0.29, 0.717) is 39.1 Å². The van der Waals surface area contributed by atoms with Crippen molar-refractivity contribution in [3.63, 3.8) is 0 Å². The second kappa shape index (κ2) is 8.15. The number of hydrogen-bond acceptors (Lipinski definition) is 7. The molecule has 1 aliphatic heterocycles. The number of ether oxygens (including phenoxy) is 1. The van der Waals surface area contributed by atoms with Crippen molar-refractivity contribution in [2.24, 2.45) is 0 Å².